The first-order valence-electron chi connectivity index (χ1n) is 10.9. The van der Waals surface area contributed by atoms with E-state index in [1.807, 2.05) is 6.07 Å². The molecular formula is C24H24F5NO4. The highest BCUT2D eigenvalue weighted by molar-refractivity contribution is 5.75. The Kier molecular flexibility index (Phi) is 8.98. The fourth-order valence-corrected chi connectivity index (χ4v) is 4.08. The second kappa shape index (κ2) is 11.9. The molecule has 1 fully saturated rings. The van der Waals surface area contributed by atoms with Crippen molar-refractivity contribution >= 4 is 12.4 Å². The van der Waals surface area contributed by atoms with Gasteiger partial charge in [-0.1, -0.05) is 56.0 Å². The average molecular weight is 485 g/mol. The summed E-state index contributed by atoms with van der Waals surface area (Å²) >= 11 is 0. The number of esters is 1. The fourth-order valence-electron chi connectivity index (χ4n) is 4.08. The molecule has 0 aromatic heterocycles. The quantitative estimate of drug-likeness (QED) is 0.0908. The van der Waals surface area contributed by atoms with Crippen LogP contribution in [0.1, 0.15) is 44.1 Å². The molecule has 1 aliphatic carbocycles. The van der Waals surface area contributed by atoms with Gasteiger partial charge < -0.3 is 14.8 Å². The molecular weight excluding hydrogens is 461 g/mol. The van der Waals surface area contributed by atoms with Crippen molar-refractivity contribution in [2.24, 2.45) is 11.8 Å². The van der Waals surface area contributed by atoms with E-state index in [0.717, 1.165) is 31.2 Å². The van der Waals surface area contributed by atoms with E-state index in [1.54, 1.807) is 24.3 Å². The van der Waals surface area contributed by atoms with Crippen molar-refractivity contribution in [2.45, 2.75) is 51.4 Å². The summed E-state index contributed by atoms with van der Waals surface area (Å²) in [6, 6.07) is 9.00. The Morgan fingerprint density at radius 1 is 0.971 bits per heavy atom. The average Bonchev–Trinajstić information content (AvgIpc) is 3.36. The molecule has 0 spiro atoms. The van der Waals surface area contributed by atoms with Crippen molar-refractivity contribution in [3.05, 3.63) is 65.0 Å². The molecule has 0 radical (unpaired) electrons. The summed E-state index contributed by atoms with van der Waals surface area (Å²) in [6.07, 6.45) is 3.11. The molecule has 1 saturated carbocycles. The van der Waals surface area contributed by atoms with E-state index in [1.165, 1.54) is 0 Å². The van der Waals surface area contributed by atoms with Crippen LogP contribution < -0.4 is 10.1 Å². The first-order valence-corrected chi connectivity index (χ1v) is 10.9. The van der Waals surface area contributed by atoms with Crippen molar-refractivity contribution < 1.29 is 41.0 Å². The third-order valence-corrected chi connectivity index (χ3v) is 5.84. The van der Waals surface area contributed by atoms with Gasteiger partial charge >= 0.3 is 5.97 Å². The molecule has 184 valence electrons. The highest BCUT2D eigenvalue weighted by Crippen LogP contribution is 2.34. The molecule has 2 aromatic rings. The van der Waals surface area contributed by atoms with Crippen LogP contribution in [-0.4, -0.2) is 18.6 Å². The van der Waals surface area contributed by atoms with Crippen LogP contribution in [0.2, 0.25) is 0 Å². The lowest BCUT2D eigenvalue weighted by atomic mass is 9.90. The maximum Gasteiger partial charge on any atom is 0.314 e. The zero-order chi connectivity index (χ0) is 24.7. The van der Waals surface area contributed by atoms with Gasteiger partial charge in [0.1, 0.15) is 6.23 Å². The third kappa shape index (κ3) is 6.31. The van der Waals surface area contributed by atoms with Crippen LogP contribution in [-0.2, 0) is 20.9 Å². The SMILES string of the molecule is O=CNC(CC(CC1CCCC1)C(=O)Oc1c(F)c(F)c(F)c(F)c1F)OCc1ccccc1. The largest absolute Gasteiger partial charge is 0.420 e. The lowest BCUT2D eigenvalue weighted by molar-refractivity contribution is -0.142. The fraction of sp³-hybridized carbons (Fsp3) is 0.417. The first kappa shape index (κ1) is 25.6. The number of hydrogen-bond acceptors (Lipinski definition) is 4. The van der Waals surface area contributed by atoms with E-state index in [2.05, 4.69) is 5.32 Å². The van der Waals surface area contributed by atoms with Crippen LogP contribution in [0.5, 0.6) is 5.75 Å². The summed E-state index contributed by atoms with van der Waals surface area (Å²) < 4.78 is 78.9. The monoisotopic (exact) mass is 485 g/mol. The normalized spacial score (nSPS) is 15.7. The summed E-state index contributed by atoms with van der Waals surface area (Å²) in [5.74, 6) is -15.0. The highest BCUT2D eigenvalue weighted by Gasteiger charge is 2.33. The molecule has 0 aliphatic heterocycles. The van der Waals surface area contributed by atoms with Gasteiger partial charge in [-0.15, -0.1) is 0 Å². The van der Waals surface area contributed by atoms with Crippen molar-refractivity contribution in [2.75, 3.05) is 0 Å². The van der Waals surface area contributed by atoms with Gasteiger partial charge in [0, 0.05) is 6.42 Å². The summed E-state index contributed by atoms with van der Waals surface area (Å²) in [6.45, 7) is 0.106. The predicted molar refractivity (Wildman–Crippen MR) is 111 cm³/mol. The van der Waals surface area contributed by atoms with E-state index in [9.17, 15) is 31.5 Å². The summed E-state index contributed by atoms with van der Waals surface area (Å²) in [4.78, 5) is 23.9. The van der Waals surface area contributed by atoms with Crippen molar-refractivity contribution in [3.8, 4) is 5.75 Å². The molecule has 0 bridgehead atoms. The molecule has 2 unspecified atom stereocenters. The minimum Gasteiger partial charge on any atom is -0.420 e. The Labute approximate surface area is 193 Å². The number of amides is 1. The summed E-state index contributed by atoms with van der Waals surface area (Å²) in [7, 11) is 0. The van der Waals surface area contributed by atoms with Crippen molar-refractivity contribution in [1.29, 1.82) is 0 Å². The number of benzene rings is 2. The van der Waals surface area contributed by atoms with Crippen LogP contribution in [0.3, 0.4) is 0 Å². The Morgan fingerprint density at radius 3 is 2.15 bits per heavy atom. The minimum absolute atomic E-state index is 0.106. The van der Waals surface area contributed by atoms with Gasteiger partial charge in [-0.05, 0) is 17.9 Å². The van der Waals surface area contributed by atoms with Gasteiger partial charge in [0.2, 0.25) is 41.2 Å². The van der Waals surface area contributed by atoms with Gasteiger partial charge in [-0.25, -0.2) is 13.2 Å². The van der Waals surface area contributed by atoms with Gasteiger partial charge in [0.05, 0.1) is 12.5 Å². The van der Waals surface area contributed by atoms with Crippen LogP contribution in [0, 0.1) is 40.9 Å². The van der Waals surface area contributed by atoms with Crippen LogP contribution in [0.25, 0.3) is 0 Å². The topological polar surface area (TPSA) is 64.6 Å². The number of carbonyl (C=O) groups excluding carboxylic acids is 2. The van der Waals surface area contributed by atoms with Gasteiger partial charge in [-0.2, -0.15) is 8.78 Å². The minimum atomic E-state index is -2.35. The van der Waals surface area contributed by atoms with Gasteiger partial charge in [-0.3, -0.25) is 9.59 Å². The molecule has 10 heteroatoms. The second-order valence-electron chi connectivity index (χ2n) is 8.21. The van der Waals surface area contributed by atoms with Crippen LogP contribution in [0.4, 0.5) is 22.0 Å². The van der Waals surface area contributed by atoms with Crippen molar-refractivity contribution in [3.63, 3.8) is 0 Å². The van der Waals surface area contributed by atoms with Crippen LogP contribution >= 0.6 is 0 Å². The number of rotatable bonds is 11. The lowest BCUT2D eigenvalue weighted by Gasteiger charge is -2.24. The molecule has 0 heterocycles. The number of hydrogen-bond donors (Lipinski definition) is 1. The maximum absolute atomic E-state index is 14.0. The molecule has 1 aliphatic rings. The van der Waals surface area contributed by atoms with E-state index in [0.29, 0.717) is 6.41 Å². The van der Waals surface area contributed by atoms with Gasteiger partial charge in [0.25, 0.3) is 0 Å². The number of nitrogens with one attached hydrogen (secondary N) is 1. The zero-order valence-electron chi connectivity index (χ0n) is 18.2. The lowest BCUT2D eigenvalue weighted by Crippen LogP contribution is -2.36. The maximum atomic E-state index is 14.0. The molecule has 3 rings (SSSR count). The molecule has 34 heavy (non-hydrogen) atoms. The van der Waals surface area contributed by atoms with E-state index in [-0.39, 0.29) is 25.4 Å². The summed E-state index contributed by atoms with van der Waals surface area (Å²) in [5.41, 5.74) is 0.802. The number of ether oxygens (including phenoxy) is 2. The molecule has 0 saturated heterocycles. The molecule has 2 atom stereocenters. The number of carbonyl (C=O) groups is 2. The number of halogens is 5. The van der Waals surface area contributed by atoms with E-state index < -0.39 is 53.0 Å². The Morgan fingerprint density at radius 2 is 1.56 bits per heavy atom. The Bertz CT molecular complexity index is 970. The van der Waals surface area contributed by atoms with Gasteiger partial charge in [0.15, 0.2) is 0 Å². The smallest absolute Gasteiger partial charge is 0.314 e. The molecule has 1 N–H and O–H groups in total. The molecule has 2 aromatic carbocycles. The second-order valence-corrected chi connectivity index (χ2v) is 8.21. The first-order chi connectivity index (χ1) is 16.3. The van der Waals surface area contributed by atoms with Crippen LogP contribution in [0.15, 0.2) is 30.3 Å². The van der Waals surface area contributed by atoms with E-state index >= 15 is 0 Å². The van der Waals surface area contributed by atoms with Crippen molar-refractivity contribution in [1.82, 2.24) is 5.32 Å². The molecule has 5 nitrogen and oxygen atoms in total. The van der Waals surface area contributed by atoms with E-state index in [4.69, 9.17) is 9.47 Å². The zero-order valence-corrected chi connectivity index (χ0v) is 18.2. The predicted octanol–water partition coefficient (Wildman–Crippen LogP) is 5.16. The summed E-state index contributed by atoms with van der Waals surface area (Å²) in [5, 5.41) is 2.45. The standard InChI is InChI=1S/C24H24F5NO4/c25-18-19(26)21(28)23(22(29)20(18)27)34-24(32)16(10-14-6-4-5-7-14)11-17(30-13-31)33-12-15-8-2-1-3-9-15/h1-3,8-9,13-14,16-17H,4-7,10-12H2,(H,30,31). The highest BCUT2D eigenvalue weighted by atomic mass is 19.2. The Balaban J connectivity index is 1.79. The molecule has 1 amide bonds. The third-order valence-electron chi connectivity index (χ3n) is 5.84. The Hall–Kier alpha value is -3.01.